The highest BCUT2D eigenvalue weighted by atomic mass is 79.9. The summed E-state index contributed by atoms with van der Waals surface area (Å²) in [5.74, 6) is 0. The van der Waals surface area contributed by atoms with Crippen molar-refractivity contribution in [2.24, 2.45) is 0 Å². The van der Waals surface area contributed by atoms with Crippen LogP contribution in [0.3, 0.4) is 0 Å². The molecule has 0 bridgehead atoms. The highest BCUT2D eigenvalue weighted by Gasteiger charge is 1.86. The van der Waals surface area contributed by atoms with Crippen molar-refractivity contribution in [1.29, 1.82) is 0 Å². The van der Waals surface area contributed by atoms with E-state index in [1.54, 1.807) is 0 Å². The predicted molar refractivity (Wildman–Crippen MR) is 36.8 cm³/mol. The van der Waals surface area contributed by atoms with Gasteiger partial charge in [-0.3, -0.25) is 0 Å². The second-order valence-corrected chi connectivity index (χ2v) is 2.58. The maximum atomic E-state index is 7.36. The molecule has 1 heterocycles. The smallest absolute Gasteiger partial charge is 0.0752 e. The third-order valence-corrected chi connectivity index (χ3v) is 1.74. The molecule has 0 nitrogen and oxygen atoms in total. The first kappa shape index (κ1) is 1.85. The predicted octanol–water partition coefficient (Wildman–Crippen LogP) is 2.82. The Morgan fingerprint density at radius 1 is 2.14 bits per heavy atom. The van der Waals surface area contributed by atoms with Crippen LogP contribution in [0.25, 0.3) is 0 Å². The van der Waals surface area contributed by atoms with Gasteiger partial charge in [0.2, 0.25) is 0 Å². The molecule has 1 aromatic rings. The summed E-state index contributed by atoms with van der Waals surface area (Å²) in [5, 5.41) is 0.0890. The van der Waals surface area contributed by atoms with Crippen molar-refractivity contribution in [2.75, 3.05) is 0 Å². The SMILES string of the molecule is [2H]c1sc(C([2H])([2H])[2H])c([2H])c1Br. The Balaban J connectivity index is 3.28. The number of hydrogen-bond acceptors (Lipinski definition) is 1. The third kappa shape index (κ3) is 1.28. The maximum absolute atomic E-state index is 7.36. The number of halogens is 1. The van der Waals surface area contributed by atoms with Crippen LogP contribution >= 0.6 is 27.3 Å². The number of rotatable bonds is 0. The summed E-state index contributed by atoms with van der Waals surface area (Å²) in [5.41, 5.74) is 0. The zero-order chi connectivity index (χ0) is 9.52. The van der Waals surface area contributed by atoms with Gasteiger partial charge in [-0.15, -0.1) is 11.3 Å². The normalized spacial score (nSPS) is 21.6. The quantitative estimate of drug-likeness (QED) is 0.578. The summed E-state index contributed by atoms with van der Waals surface area (Å²) in [6.45, 7) is -2.27. The van der Waals surface area contributed by atoms with Crippen molar-refractivity contribution in [2.45, 2.75) is 6.85 Å². The first-order chi connectivity index (χ1) is 5.34. The minimum Gasteiger partial charge on any atom is -0.148 e. The third-order valence-electron chi connectivity index (χ3n) is 0.466. The van der Waals surface area contributed by atoms with Crippen LogP contribution in [0.15, 0.2) is 15.9 Å². The summed E-state index contributed by atoms with van der Waals surface area (Å²) in [6, 6.07) is -0.0926. The fraction of sp³-hybridized carbons (Fsp3) is 0.200. The molecule has 7 heavy (non-hydrogen) atoms. The molecule has 2 heteroatoms. The van der Waals surface area contributed by atoms with Gasteiger partial charge in [-0.1, -0.05) is 0 Å². The molecule has 0 N–H and O–H groups in total. The molecule has 0 fully saturated rings. The molecule has 0 aliphatic rings. The van der Waals surface area contributed by atoms with Crippen LogP contribution in [-0.2, 0) is 0 Å². The van der Waals surface area contributed by atoms with Gasteiger partial charge in [-0.2, -0.15) is 0 Å². The van der Waals surface area contributed by atoms with Gasteiger partial charge in [0, 0.05) is 18.8 Å². The van der Waals surface area contributed by atoms with Gasteiger partial charge in [0.25, 0.3) is 0 Å². The first-order valence-electron chi connectivity index (χ1n) is 4.10. The van der Waals surface area contributed by atoms with Crippen LogP contribution in [0.5, 0.6) is 0 Å². The van der Waals surface area contributed by atoms with Crippen LogP contribution in [0, 0.1) is 6.85 Å². The van der Waals surface area contributed by atoms with Crippen molar-refractivity contribution in [3.63, 3.8) is 0 Å². The van der Waals surface area contributed by atoms with Gasteiger partial charge >= 0.3 is 0 Å². The zero-order valence-electron chi connectivity index (χ0n) is 8.29. The highest BCUT2D eigenvalue weighted by molar-refractivity contribution is 9.10. The molecule has 0 aliphatic heterocycles. The van der Waals surface area contributed by atoms with E-state index in [-0.39, 0.29) is 20.7 Å². The minimum absolute atomic E-state index is 0.0284. The van der Waals surface area contributed by atoms with E-state index in [4.69, 9.17) is 6.85 Å². The van der Waals surface area contributed by atoms with Crippen molar-refractivity contribution in [1.82, 2.24) is 0 Å². The average molecular weight is 182 g/mol. The van der Waals surface area contributed by atoms with E-state index in [1.165, 1.54) is 0 Å². The number of aryl methyl sites for hydroxylation is 1. The monoisotopic (exact) mass is 181 g/mol. The molecule has 0 atom stereocenters. The molecular formula is C5H5BrS. The zero-order valence-corrected chi connectivity index (χ0v) is 5.69. The lowest BCUT2D eigenvalue weighted by molar-refractivity contribution is 1.62. The van der Waals surface area contributed by atoms with Crippen LogP contribution in [0.1, 0.15) is 11.7 Å². The number of hydrogen-bond donors (Lipinski definition) is 0. The van der Waals surface area contributed by atoms with Crippen molar-refractivity contribution >= 4 is 27.3 Å². The van der Waals surface area contributed by atoms with E-state index in [9.17, 15) is 0 Å². The molecular weight excluding hydrogens is 172 g/mol. The maximum Gasteiger partial charge on any atom is 0.0752 e. The lowest BCUT2D eigenvalue weighted by Crippen LogP contribution is -1.46. The second-order valence-electron chi connectivity index (χ2n) is 0.972. The van der Waals surface area contributed by atoms with Crippen LogP contribution in [0.4, 0.5) is 0 Å². The number of thiophene rings is 1. The summed E-state index contributed by atoms with van der Waals surface area (Å²) < 4.78 is 36.0. The molecule has 0 aromatic carbocycles. The molecule has 0 amide bonds. The Labute approximate surface area is 62.3 Å². The van der Waals surface area contributed by atoms with Crippen LogP contribution in [-0.4, -0.2) is 0 Å². The summed E-state index contributed by atoms with van der Waals surface area (Å²) in [4.78, 5) is -0.0284. The molecule has 0 spiro atoms. The van der Waals surface area contributed by atoms with Crippen LogP contribution < -0.4 is 0 Å². The molecule has 1 aromatic heterocycles. The first-order valence-corrected chi connectivity index (χ1v) is 3.21. The largest absolute Gasteiger partial charge is 0.148 e. The summed E-state index contributed by atoms with van der Waals surface area (Å²) in [7, 11) is 0. The van der Waals surface area contributed by atoms with Gasteiger partial charge < -0.3 is 0 Å². The lowest BCUT2D eigenvalue weighted by atomic mass is 10.5. The second kappa shape index (κ2) is 1.97. The Morgan fingerprint density at radius 3 is 3.29 bits per heavy atom. The fourth-order valence-electron chi connectivity index (χ4n) is 0.247. The molecule has 1 rings (SSSR count). The van der Waals surface area contributed by atoms with Gasteiger partial charge in [-0.25, -0.2) is 0 Å². The Bertz CT molecular complexity index is 302. The molecule has 38 valence electrons. The van der Waals surface area contributed by atoms with Gasteiger partial charge in [0.05, 0.1) is 2.74 Å². The van der Waals surface area contributed by atoms with Gasteiger partial charge in [0.15, 0.2) is 0 Å². The fourth-order valence-corrected chi connectivity index (χ4v) is 1.21. The average Bonchev–Trinajstić information content (AvgIpc) is 2.15. The van der Waals surface area contributed by atoms with E-state index in [0.717, 1.165) is 11.3 Å². The Kier molecular flexibility index (Phi) is 0.520. The van der Waals surface area contributed by atoms with E-state index >= 15 is 0 Å². The molecule has 0 aliphatic carbocycles. The van der Waals surface area contributed by atoms with Crippen molar-refractivity contribution < 1.29 is 6.85 Å². The Morgan fingerprint density at radius 2 is 3.00 bits per heavy atom. The van der Waals surface area contributed by atoms with Crippen molar-refractivity contribution in [3.8, 4) is 0 Å². The molecule has 0 saturated heterocycles. The highest BCUT2D eigenvalue weighted by Crippen LogP contribution is 2.17. The standard InChI is InChI=1S/C5H5BrS/c1-4-2-5(6)3-7-4/h2-3H,1H3/i1D3,2D,3D. The topological polar surface area (TPSA) is 0 Å². The van der Waals surface area contributed by atoms with E-state index < -0.39 is 6.85 Å². The Hall–Kier alpha value is 0.180. The van der Waals surface area contributed by atoms with E-state index in [2.05, 4.69) is 15.9 Å². The molecule has 0 unspecified atom stereocenters. The summed E-state index contributed by atoms with van der Waals surface area (Å²) in [6.07, 6.45) is 0. The van der Waals surface area contributed by atoms with E-state index in [0.29, 0.717) is 0 Å². The molecule has 0 saturated carbocycles. The van der Waals surface area contributed by atoms with Crippen molar-refractivity contribution in [3.05, 3.63) is 20.7 Å². The van der Waals surface area contributed by atoms with Crippen LogP contribution in [0.2, 0.25) is 0 Å². The lowest BCUT2D eigenvalue weighted by Gasteiger charge is -1.68. The molecule has 0 radical (unpaired) electrons. The van der Waals surface area contributed by atoms with Gasteiger partial charge in [0.1, 0.15) is 0 Å². The van der Waals surface area contributed by atoms with E-state index in [1.807, 2.05) is 0 Å². The van der Waals surface area contributed by atoms with Gasteiger partial charge in [-0.05, 0) is 28.8 Å². The minimum atomic E-state index is -2.27. The summed E-state index contributed by atoms with van der Waals surface area (Å²) >= 11 is 3.80.